The largest absolute Gasteiger partial charge is 0.454 e. The van der Waals surface area contributed by atoms with Gasteiger partial charge in [0.25, 0.3) is 5.91 Å². The van der Waals surface area contributed by atoms with Crippen molar-refractivity contribution in [1.82, 2.24) is 5.32 Å². The number of hydrogen-bond acceptors (Lipinski definition) is 4. The summed E-state index contributed by atoms with van der Waals surface area (Å²) in [5, 5.41) is 2.95. The molecule has 0 radical (unpaired) electrons. The van der Waals surface area contributed by atoms with E-state index in [1.54, 1.807) is 12.1 Å². The van der Waals surface area contributed by atoms with Gasteiger partial charge in [0.1, 0.15) is 0 Å². The van der Waals surface area contributed by atoms with Crippen LogP contribution in [-0.2, 0) is 0 Å². The fourth-order valence-electron chi connectivity index (χ4n) is 1.65. The molecule has 1 unspecified atom stereocenters. The molecule has 19 heavy (non-hydrogen) atoms. The first-order valence-electron chi connectivity index (χ1n) is 6.29. The summed E-state index contributed by atoms with van der Waals surface area (Å²) < 4.78 is 10.5. The third-order valence-electron chi connectivity index (χ3n) is 3.44. The minimum Gasteiger partial charge on any atom is -0.454 e. The molecule has 1 aromatic carbocycles. The zero-order valence-electron chi connectivity index (χ0n) is 11.7. The van der Waals surface area contributed by atoms with Crippen LogP contribution in [0.1, 0.15) is 38.1 Å². The monoisotopic (exact) mass is 264 g/mol. The van der Waals surface area contributed by atoms with Crippen molar-refractivity contribution in [2.75, 3.05) is 12.5 Å². The molecule has 2 rings (SSSR count). The van der Waals surface area contributed by atoms with Gasteiger partial charge in [0, 0.05) is 17.8 Å². The topological polar surface area (TPSA) is 73.6 Å². The Morgan fingerprint density at radius 3 is 2.47 bits per heavy atom. The molecule has 1 atom stereocenters. The lowest BCUT2D eigenvalue weighted by atomic mass is 9.88. The highest BCUT2D eigenvalue weighted by Crippen LogP contribution is 2.36. The molecule has 0 saturated carbocycles. The van der Waals surface area contributed by atoms with Gasteiger partial charge in [-0.1, -0.05) is 20.8 Å². The Balaban J connectivity index is 2.20. The van der Waals surface area contributed by atoms with Crippen molar-refractivity contribution < 1.29 is 14.3 Å². The SMILES string of the molecule is CC(NC(=O)c1cc2c(cc1N)OCO2)C(C)(C)C. The molecule has 5 heteroatoms. The number of anilines is 1. The summed E-state index contributed by atoms with van der Waals surface area (Å²) in [6.45, 7) is 8.35. The van der Waals surface area contributed by atoms with E-state index in [-0.39, 0.29) is 24.2 Å². The van der Waals surface area contributed by atoms with Gasteiger partial charge in [0.15, 0.2) is 11.5 Å². The van der Waals surface area contributed by atoms with Gasteiger partial charge in [-0.15, -0.1) is 0 Å². The number of nitrogens with two attached hydrogens (primary N) is 1. The van der Waals surface area contributed by atoms with Crippen LogP contribution in [0.2, 0.25) is 0 Å². The fourth-order valence-corrected chi connectivity index (χ4v) is 1.65. The van der Waals surface area contributed by atoms with Crippen LogP contribution in [-0.4, -0.2) is 18.7 Å². The van der Waals surface area contributed by atoms with Crippen LogP contribution in [0.5, 0.6) is 11.5 Å². The number of amides is 1. The number of nitrogen functional groups attached to an aromatic ring is 1. The van der Waals surface area contributed by atoms with Gasteiger partial charge in [-0.05, 0) is 18.4 Å². The van der Waals surface area contributed by atoms with E-state index in [2.05, 4.69) is 26.1 Å². The molecule has 1 aliphatic rings. The van der Waals surface area contributed by atoms with E-state index in [1.807, 2.05) is 6.92 Å². The van der Waals surface area contributed by atoms with Gasteiger partial charge in [-0.25, -0.2) is 0 Å². The van der Waals surface area contributed by atoms with Crippen LogP contribution in [0.25, 0.3) is 0 Å². The van der Waals surface area contributed by atoms with E-state index in [9.17, 15) is 4.79 Å². The summed E-state index contributed by atoms with van der Waals surface area (Å²) in [5.74, 6) is 0.943. The second kappa shape index (κ2) is 4.64. The maximum absolute atomic E-state index is 12.2. The molecular formula is C14H20N2O3. The van der Waals surface area contributed by atoms with Crippen LogP contribution < -0.4 is 20.5 Å². The van der Waals surface area contributed by atoms with Gasteiger partial charge < -0.3 is 20.5 Å². The van der Waals surface area contributed by atoms with Crippen LogP contribution in [0.15, 0.2) is 12.1 Å². The summed E-state index contributed by atoms with van der Waals surface area (Å²) in [4.78, 5) is 12.2. The van der Waals surface area contributed by atoms with Crippen molar-refractivity contribution in [2.45, 2.75) is 33.7 Å². The highest BCUT2D eigenvalue weighted by molar-refractivity contribution is 6.00. The van der Waals surface area contributed by atoms with E-state index in [0.717, 1.165) is 0 Å². The minimum atomic E-state index is -0.196. The van der Waals surface area contributed by atoms with Gasteiger partial charge in [0.05, 0.1) is 5.56 Å². The Hall–Kier alpha value is -1.91. The number of benzene rings is 1. The van der Waals surface area contributed by atoms with Crippen molar-refractivity contribution in [2.24, 2.45) is 5.41 Å². The molecule has 1 amide bonds. The molecule has 1 heterocycles. The number of carbonyl (C=O) groups excluding carboxylic acids is 1. The van der Waals surface area contributed by atoms with E-state index in [0.29, 0.717) is 22.7 Å². The van der Waals surface area contributed by atoms with Crippen LogP contribution in [0.4, 0.5) is 5.69 Å². The molecule has 1 aliphatic heterocycles. The van der Waals surface area contributed by atoms with Gasteiger partial charge >= 0.3 is 0 Å². The van der Waals surface area contributed by atoms with Gasteiger partial charge in [-0.3, -0.25) is 4.79 Å². The number of hydrogen-bond donors (Lipinski definition) is 2. The summed E-state index contributed by atoms with van der Waals surface area (Å²) in [6, 6.07) is 3.28. The normalized spacial score (nSPS) is 15.2. The van der Waals surface area contributed by atoms with Gasteiger partial charge in [-0.2, -0.15) is 0 Å². The Morgan fingerprint density at radius 2 is 1.89 bits per heavy atom. The summed E-state index contributed by atoms with van der Waals surface area (Å²) in [7, 11) is 0. The van der Waals surface area contributed by atoms with E-state index in [4.69, 9.17) is 15.2 Å². The Labute approximate surface area is 113 Å². The zero-order chi connectivity index (χ0) is 14.2. The molecule has 0 fully saturated rings. The summed E-state index contributed by atoms with van der Waals surface area (Å²) in [6.07, 6.45) is 0. The standard InChI is InChI=1S/C14H20N2O3/c1-8(14(2,3)4)16-13(17)9-5-11-12(6-10(9)15)19-7-18-11/h5-6,8H,7,15H2,1-4H3,(H,16,17). The van der Waals surface area contributed by atoms with E-state index < -0.39 is 0 Å². The third-order valence-corrected chi connectivity index (χ3v) is 3.44. The molecule has 0 spiro atoms. The van der Waals surface area contributed by atoms with Crippen molar-refractivity contribution in [3.8, 4) is 11.5 Å². The highest BCUT2D eigenvalue weighted by atomic mass is 16.7. The number of fused-ring (bicyclic) bond motifs is 1. The first-order valence-corrected chi connectivity index (χ1v) is 6.29. The molecule has 0 aromatic heterocycles. The smallest absolute Gasteiger partial charge is 0.253 e. The first kappa shape index (κ1) is 13.5. The average molecular weight is 264 g/mol. The lowest BCUT2D eigenvalue weighted by Crippen LogP contribution is -2.41. The Bertz CT molecular complexity index is 506. The van der Waals surface area contributed by atoms with E-state index in [1.165, 1.54) is 0 Å². The van der Waals surface area contributed by atoms with Gasteiger partial charge in [0.2, 0.25) is 6.79 Å². The number of nitrogens with one attached hydrogen (secondary N) is 1. The molecule has 1 aromatic rings. The molecule has 0 saturated heterocycles. The van der Waals surface area contributed by atoms with Crippen molar-refractivity contribution in [3.05, 3.63) is 17.7 Å². The second-order valence-electron chi connectivity index (χ2n) is 5.85. The predicted octanol–water partition coefficient (Wildman–Crippen LogP) is 2.16. The maximum atomic E-state index is 12.2. The van der Waals surface area contributed by atoms with Crippen LogP contribution in [0.3, 0.4) is 0 Å². The number of carbonyl (C=O) groups is 1. The summed E-state index contributed by atoms with van der Waals surface area (Å²) in [5.41, 5.74) is 6.68. The quantitative estimate of drug-likeness (QED) is 0.803. The lowest BCUT2D eigenvalue weighted by molar-refractivity contribution is 0.0910. The first-order chi connectivity index (χ1) is 8.79. The van der Waals surface area contributed by atoms with Crippen LogP contribution >= 0.6 is 0 Å². The third kappa shape index (κ3) is 2.75. The number of rotatable bonds is 2. The van der Waals surface area contributed by atoms with Crippen molar-refractivity contribution in [3.63, 3.8) is 0 Å². The molecule has 3 N–H and O–H groups in total. The average Bonchev–Trinajstić information content (AvgIpc) is 2.73. The molecular weight excluding hydrogens is 244 g/mol. The Kier molecular flexibility index (Phi) is 3.30. The number of ether oxygens (including phenoxy) is 2. The molecule has 104 valence electrons. The lowest BCUT2D eigenvalue weighted by Gasteiger charge is -2.28. The van der Waals surface area contributed by atoms with E-state index >= 15 is 0 Å². The van der Waals surface area contributed by atoms with Crippen LogP contribution in [0, 0.1) is 5.41 Å². The minimum absolute atomic E-state index is 0.0131. The molecule has 5 nitrogen and oxygen atoms in total. The zero-order valence-corrected chi connectivity index (χ0v) is 11.7. The predicted molar refractivity (Wildman–Crippen MR) is 73.4 cm³/mol. The van der Waals surface area contributed by atoms with Crippen molar-refractivity contribution >= 4 is 11.6 Å². The second-order valence-corrected chi connectivity index (χ2v) is 5.85. The fraction of sp³-hybridized carbons (Fsp3) is 0.500. The molecule has 0 bridgehead atoms. The Morgan fingerprint density at radius 1 is 1.32 bits per heavy atom. The summed E-state index contributed by atoms with van der Waals surface area (Å²) >= 11 is 0. The highest BCUT2D eigenvalue weighted by Gasteiger charge is 2.24. The maximum Gasteiger partial charge on any atom is 0.253 e. The van der Waals surface area contributed by atoms with Crippen molar-refractivity contribution in [1.29, 1.82) is 0 Å². The molecule has 0 aliphatic carbocycles.